The highest BCUT2D eigenvalue weighted by Gasteiger charge is 2.24. The normalized spacial score (nSPS) is 17.1. The van der Waals surface area contributed by atoms with Crippen LogP contribution in [0.15, 0.2) is 47.4 Å². The number of carbonyl (C=O) groups is 1. The first kappa shape index (κ1) is 21.4. The van der Waals surface area contributed by atoms with Crippen LogP contribution in [0.4, 0.5) is 0 Å². The fourth-order valence-corrected chi connectivity index (χ4v) is 4.05. The predicted molar refractivity (Wildman–Crippen MR) is 113 cm³/mol. The van der Waals surface area contributed by atoms with E-state index in [2.05, 4.69) is 10.2 Å². The van der Waals surface area contributed by atoms with Gasteiger partial charge in [0, 0.05) is 30.7 Å². The van der Waals surface area contributed by atoms with Crippen LogP contribution in [0.5, 0.6) is 0 Å². The van der Waals surface area contributed by atoms with Crippen molar-refractivity contribution in [3.05, 3.63) is 63.6 Å². The zero-order chi connectivity index (χ0) is 20.1. The second kappa shape index (κ2) is 9.96. The number of halogens is 2. The van der Waals surface area contributed by atoms with Crippen LogP contribution < -0.4 is 5.32 Å². The smallest absolute Gasteiger partial charge is 0.253 e. The Balaban J connectivity index is 1.76. The first-order valence-electron chi connectivity index (χ1n) is 8.94. The highest BCUT2D eigenvalue weighted by molar-refractivity contribution is 7.90. The minimum atomic E-state index is -1.19. The summed E-state index contributed by atoms with van der Waals surface area (Å²) in [5.74, 6) is -0.287. The van der Waals surface area contributed by atoms with E-state index in [1.54, 1.807) is 24.5 Å². The molecule has 0 aromatic heterocycles. The van der Waals surface area contributed by atoms with Gasteiger partial charge in [-0.05, 0) is 41.0 Å². The molecule has 5 nitrogen and oxygen atoms in total. The molecule has 1 N–H and O–H groups in total. The standard InChI is InChI=1S/C20H22Cl2N2O3S/c1-28(26)16-6-7-18(22)17(12-16)20(25)23-13-19(24-8-10-27-11-9-24)14-2-4-15(21)5-3-14/h2-7,12,19H,8-11,13H2,1H3,(H,23,25). The second-order valence-electron chi connectivity index (χ2n) is 6.52. The average molecular weight is 441 g/mol. The molecular weight excluding hydrogens is 419 g/mol. The molecule has 28 heavy (non-hydrogen) atoms. The van der Waals surface area contributed by atoms with Crippen LogP contribution in [-0.2, 0) is 15.9 Å². The van der Waals surface area contributed by atoms with E-state index in [1.165, 1.54) is 0 Å². The molecule has 0 aliphatic carbocycles. The van der Waals surface area contributed by atoms with E-state index in [4.69, 9.17) is 27.9 Å². The van der Waals surface area contributed by atoms with Gasteiger partial charge in [-0.15, -0.1) is 0 Å². The molecule has 0 radical (unpaired) electrons. The Hall–Kier alpha value is -1.28. The summed E-state index contributed by atoms with van der Waals surface area (Å²) in [6.45, 7) is 3.31. The van der Waals surface area contributed by atoms with Crippen molar-refractivity contribution in [2.24, 2.45) is 0 Å². The summed E-state index contributed by atoms with van der Waals surface area (Å²) in [5, 5.41) is 3.98. The number of amides is 1. The van der Waals surface area contributed by atoms with E-state index in [0.717, 1.165) is 18.7 Å². The highest BCUT2D eigenvalue weighted by atomic mass is 35.5. The van der Waals surface area contributed by atoms with E-state index in [-0.39, 0.29) is 11.9 Å². The van der Waals surface area contributed by atoms with E-state index in [9.17, 15) is 9.35 Å². The third-order valence-corrected chi connectivity index (χ3v) is 6.21. The molecule has 2 atom stereocenters. The Bertz CT molecular complexity index is 812. The Morgan fingerprint density at radius 3 is 2.54 bits per heavy atom. The number of morpholine rings is 1. The molecular formula is C20H22Cl2N2O3S. The fraction of sp³-hybridized carbons (Fsp3) is 0.350. The van der Waals surface area contributed by atoms with Gasteiger partial charge in [0.15, 0.2) is 4.90 Å². The lowest BCUT2D eigenvalue weighted by atomic mass is 10.0. The van der Waals surface area contributed by atoms with Crippen molar-refractivity contribution >= 4 is 40.3 Å². The molecule has 1 aliphatic heterocycles. The zero-order valence-electron chi connectivity index (χ0n) is 15.5. The van der Waals surface area contributed by atoms with Gasteiger partial charge in [-0.2, -0.15) is 0 Å². The van der Waals surface area contributed by atoms with Crippen molar-refractivity contribution in [3.8, 4) is 0 Å². The third-order valence-electron chi connectivity index (χ3n) is 4.71. The second-order valence-corrected chi connectivity index (χ2v) is 8.74. The Morgan fingerprint density at radius 2 is 1.89 bits per heavy atom. The van der Waals surface area contributed by atoms with E-state index < -0.39 is 11.2 Å². The quantitative estimate of drug-likeness (QED) is 0.697. The van der Waals surface area contributed by atoms with Crippen LogP contribution >= 0.6 is 23.2 Å². The lowest BCUT2D eigenvalue weighted by Crippen LogP contribution is -2.43. The van der Waals surface area contributed by atoms with Gasteiger partial charge in [-0.3, -0.25) is 9.69 Å². The van der Waals surface area contributed by atoms with Crippen LogP contribution in [0.25, 0.3) is 0 Å². The van der Waals surface area contributed by atoms with Crippen LogP contribution in [0.3, 0.4) is 0 Å². The van der Waals surface area contributed by atoms with Gasteiger partial charge in [0.25, 0.3) is 5.91 Å². The summed E-state index contributed by atoms with van der Waals surface area (Å²) in [5.41, 5.74) is 1.40. The van der Waals surface area contributed by atoms with Gasteiger partial charge >= 0.3 is 0 Å². The van der Waals surface area contributed by atoms with Gasteiger partial charge in [0.2, 0.25) is 0 Å². The number of rotatable bonds is 6. The molecule has 2 aromatic carbocycles. The number of hydrogen-bond donors (Lipinski definition) is 1. The van der Waals surface area contributed by atoms with Crippen molar-refractivity contribution in [1.29, 1.82) is 0 Å². The molecule has 1 fully saturated rings. The first-order valence-corrected chi connectivity index (χ1v) is 11.3. The summed E-state index contributed by atoms with van der Waals surface area (Å²) in [6.07, 6.45) is 1.57. The maximum atomic E-state index is 12.8. The van der Waals surface area contributed by atoms with Crippen LogP contribution in [0.2, 0.25) is 10.0 Å². The maximum absolute atomic E-state index is 12.8. The Morgan fingerprint density at radius 1 is 1.21 bits per heavy atom. The molecule has 0 bridgehead atoms. The van der Waals surface area contributed by atoms with Crippen LogP contribution in [0, 0.1) is 0 Å². The Labute approximate surface area is 178 Å². The molecule has 1 saturated heterocycles. The number of nitrogens with one attached hydrogen (secondary N) is 1. The molecule has 3 rings (SSSR count). The van der Waals surface area contributed by atoms with Crippen molar-refractivity contribution in [3.63, 3.8) is 0 Å². The summed E-state index contributed by atoms with van der Waals surface area (Å²) in [6, 6.07) is 12.5. The summed E-state index contributed by atoms with van der Waals surface area (Å²) in [4.78, 5) is 15.6. The van der Waals surface area contributed by atoms with Crippen molar-refractivity contribution in [1.82, 2.24) is 10.2 Å². The zero-order valence-corrected chi connectivity index (χ0v) is 17.8. The van der Waals surface area contributed by atoms with Crippen molar-refractivity contribution < 1.29 is 14.1 Å². The summed E-state index contributed by atoms with van der Waals surface area (Å²) >= 11 is 11.0. The van der Waals surface area contributed by atoms with E-state index >= 15 is 0 Å². The predicted octanol–water partition coefficient (Wildman–Crippen LogP) is 3.53. The molecule has 8 heteroatoms. The number of nitrogens with zero attached hydrogens (tertiary/aromatic N) is 1. The third kappa shape index (κ3) is 5.41. The first-order chi connectivity index (χ1) is 13.5. The molecule has 1 heterocycles. The largest absolute Gasteiger partial charge is 0.612 e. The van der Waals surface area contributed by atoms with Gasteiger partial charge in [-0.25, -0.2) is 0 Å². The minimum Gasteiger partial charge on any atom is -0.612 e. The summed E-state index contributed by atoms with van der Waals surface area (Å²) < 4.78 is 17.2. The molecule has 0 spiro atoms. The number of hydrogen-bond acceptors (Lipinski definition) is 4. The molecule has 150 valence electrons. The van der Waals surface area contributed by atoms with E-state index in [0.29, 0.717) is 40.3 Å². The van der Waals surface area contributed by atoms with Crippen molar-refractivity contribution in [2.75, 3.05) is 39.1 Å². The Kier molecular flexibility index (Phi) is 7.62. The molecule has 2 aromatic rings. The number of ether oxygens (including phenoxy) is 1. The van der Waals surface area contributed by atoms with E-state index in [1.807, 2.05) is 24.3 Å². The fourth-order valence-electron chi connectivity index (χ4n) is 3.17. The van der Waals surface area contributed by atoms with Gasteiger partial charge in [0.1, 0.15) is 6.26 Å². The molecule has 1 amide bonds. The lowest BCUT2D eigenvalue weighted by molar-refractivity contribution is 0.0162. The maximum Gasteiger partial charge on any atom is 0.253 e. The monoisotopic (exact) mass is 440 g/mol. The molecule has 2 unspecified atom stereocenters. The molecule has 1 aliphatic rings. The van der Waals surface area contributed by atoms with Gasteiger partial charge < -0.3 is 14.6 Å². The van der Waals surface area contributed by atoms with Gasteiger partial charge in [0.05, 0.1) is 29.8 Å². The van der Waals surface area contributed by atoms with Crippen LogP contribution in [-0.4, -0.2) is 54.5 Å². The average Bonchev–Trinajstić information content (AvgIpc) is 2.70. The SMILES string of the molecule is C[S+]([O-])c1ccc(Cl)c(C(=O)NCC(c2ccc(Cl)cc2)N2CCOCC2)c1. The van der Waals surface area contributed by atoms with Crippen LogP contribution in [0.1, 0.15) is 22.0 Å². The topological polar surface area (TPSA) is 64.6 Å². The minimum absolute atomic E-state index is 0.00705. The summed E-state index contributed by atoms with van der Waals surface area (Å²) in [7, 11) is 0. The van der Waals surface area contributed by atoms with Gasteiger partial charge in [-0.1, -0.05) is 35.3 Å². The van der Waals surface area contributed by atoms with Crippen molar-refractivity contribution in [2.45, 2.75) is 10.9 Å². The number of benzene rings is 2. The highest BCUT2D eigenvalue weighted by Crippen LogP contribution is 2.24. The lowest BCUT2D eigenvalue weighted by Gasteiger charge is -2.35. The number of carbonyl (C=O) groups excluding carboxylic acids is 1. The molecule has 0 saturated carbocycles.